The Balaban J connectivity index is 2.57. The molecular weight excluding hydrogens is 272 g/mol. The molecule has 0 saturated heterocycles. The number of benzene rings is 1. The molecule has 0 aliphatic rings. The molecule has 8 heteroatoms. The maximum atomic E-state index is 13.2. The van der Waals surface area contributed by atoms with Gasteiger partial charge in [-0.2, -0.15) is 13.2 Å². The van der Waals surface area contributed by atoms with Gasteiger partial charge in [-0.15, -0.1) is 0 Å². The first-order valence-corrected chi connectivity index (χ1v) is 5.89. The molecule has 1 aromatic carbocycles. The zero-order valence-corrected chi connectivity index (χ0v) is 10.3. The first kappa shape index (κ1) is 14.7. The number of alkyl halides is 3. The Hall–Kier alpha value is -1.31. The monoisotopic (exact) mass is 284 g/mol. The Morgan fingerprint density at radius 1 is 1.39 bits per heavy atom. The van der Waals surface area contributed by atoms with Crippen molar-refractivity contribution < 1.29 is 22.3 Å². The number of nitrogens with two attached hydrogens (primary N) is 1. The number of hydrogen-bond donors (Lipinski definition) is 2. The highest BCUT2D eigenvalue weighted by atomic mass is 32.2. The summed E-state index contributed by atoms with van der Waals surface area (Å²) in [5, 5.41) is 2.69. The molecule has 0 aliphatic heterocycles. The Labute approximate surface area is 106 Å². The molecule has 0 atom stereocenters. The molecular formula is C10H12F4N2OS. The van der Waals surface area contributed by atoms with E-state index in [0.29, 0.717) is 5.69 Å². The van der Waals surface area contributed by atoms with E-state index in [-0.39, 0.29) is 35.5 Å². The van der Waals surface area contributed by atoms with Crippen molar-refractivity contribution in [1.29, 1.82) is 0 Å². The number of methoxy groups -OCH3 is 1. The second-order valence-corrected chi connectivity index (χ2v) is 4.45. The molecule has 0 radical (unpaired) electrons. The molecule has 0 aliphatic carbocycles. The molecule has 0 spiro atoms. The number of ether oxygens (including phenoxy) is 1. The first-order chi connectivity index (χ1) is 8.33. The molecule has 0 fully saturated rings. The minimum atomic E-state index is -4.26. The molecule has 102 valence electrons. The Morgan fingerprint density at radius 3 is 2.61 bits per heavy atom. The van der Waals surface area contributed by atoms with E-state index in [2.05, 4.69) is 5.32 Å². The van der Waals surface area contributed by atoms with Crippen LogP contribution in [0.5, 0.6) is 5.75 Å². The predicted octanol–water partition coefficient (Wildman–Crippen LogP) is 3.08. The number of hydrogen-bond acceptors (Lipinski definition) is 4. The molecule has 1 rings (SSSR count). The fourth-order valence-corrected chi connectivity index (χ4v) is 1.67. The Bertz CT molecular complexity index is 412. The van der Waals surface area contributed by atoms with Crippen molar-refractivity contribution in [3.8, 4) is 5.75 Å². The van der Waals surface area contributed by atoms with E-state index in [0.717, 1.165) is 6.07 Å². The van der Waals surface area contributed by atoms with E-state index in [4.69, 9.17) is 10.5 Å². The predicted molar refractivity (Wildman–Crippen MR) is 64.4 cm³/mol. The highest BCUT2D eigenvalue weighted by molar-refractivity contribution is 8.00. The van der Waals surface area contributed by atoms with Gasteiger partial charge in [0.15, 0.2) is 11.6 Å². The maximum absolute atomic E-state index is 13.2. The lowest BCUT2D eigenvalue weighted by Gasteiger charge is -2.12. The number of rotatable bonds is 5. The molecule has 3 N–H and O–H groups in total. The van der Waals surface area contributed by atoms with Gasteiger partial charge < -0.3 is 15.8 Å². The van der Waals surface area contributed by atoms with Crippen LogP contribution in [0.25, 0.3) is 0 Å². The van der Waals surface area contributed by atoms with Crippen LogP contribution in [0.4, 0.5) is 28.9 Å². The smallest absolute Gasteiger partial charge is 0.441 e. The SMILES string of the molecule is COc1cc(NCCSC(F)(F)F)c(N)cc1F. The minimum Gasteiger partial charge on any atom is -0.494 e. The number of nitrogens with one attached hydrogen (secondary N) is 1. The maximum Gasteiger partial charge on any atom is 0.441 e. The molecule has 3 nitrogen and oxygen atoms in total. The molecule has 0 saturated carbocycles. The van der Waals surface area contributed by atoms with E-state index in [9.17, 15) is 17.6 Å². The van der Waals surface area contributed by atoms with Gasteiger partial charge in [0.1, 0.15) is 0 Å². The van der Waals surface area contributed by atoms with E-state index in [1.165, 1.54) is 13.2 Å². The second kappa shape index (κ2) is 6.03. The summed E-state index contributed by atoms with van der Waals surface area (Å²) in [5.41, 5.74) is 1.73. The van der Waals surface area contributed by atoms with Gasteiger partial charge in [0, 0.05) is 24.4 Å². The van der Waals surface area contributed by atoms with Crippen LogP contribution in [0.1, 0.15) is 0 Å². The van der Waals surface area contributed by atoms with Crippen LogP contribution in [0.15, 0.2) is 12.1 Å². The van der Waals surface area contributed by atoms with Crippen molar-refractivity contribution in [1.82, 2.24) is 0 Å². The number of anilines is 2. The molecule has 0 unspecified atom stereocenters. The second-order valence-electron chi connectivity index (χ2n) is 3.29. The number of thioether (sulfide) groups is 1. The van der Waals surface area contributed by atoms with Crippen LogP contribution in [0.3, 0.4) is 0 Å². The van der Waals surface area contributed by atoms with Crippen molar-refractivity contribution in [2.24, 2.45) is 0 Å². The summed E-state index contributed by atoms with van der Waals surface area (Å²) in [4.78, 5) is 0. The van der Waals surface area contributed by atoms with Gasteiger partial charge in [0.2, 0.25) is 0 Å². The lowest BCUT2D eigenvalue weighted by atomic mass is 10.2. The van der Waals surface area contributed by atoms with Crippen LogP contribution in [0, 0.1) is 5.82 Å². The highest BCUT2D eigenvalue weighted by Crippen LogP contribution is 2.31. The summed E-state index contributed by atoms with van der Waals surface area (Å²) in [5.74, 6) is -0.803. The fourth-order valence-electron chi connectivity index (χ4n) is 1.23. The van der Waals surface area contributed by atoms with Crippen molar-refractivity contribution in [2.75, 3.05) is 30.5 Å². The van der Waals surface area contributed by atoms with E-state index in [1.807, 2.05) is 0 Å². The summed E-state index contributed by atoms with van der Waals surface area (Å²) in [7, 11) is 1.29. The third kappa shape index (κ3) is 4.52. The Kier molecular flexibility index (Phi) is 4.94. The minimum absolute atomic E-state index is 0.0184. The molecule has 0 amide bonds. The average molecular weight is 284 g/mol. The molecule has 1 aromatic rings. The Morgan fingerprint density at radius 2 is 2.06 bits per heavy atom. The quantitative estimate of drug-likeness (QED) is 0.495. The van der Waals surface area contributed by atoms with Gasteiger partial charge in [0.25, 0.3) is 0 Å². The average Bonchev–Trinajstić information content (AvgIpc) is 2.25. The van der Waals surface area contributed by atoms with Gasteiger partial charge >= 0.3 is 5.51 Å². The van der Waals surface area contributed by atoms with Gasteiger partial charge in [-0.3, -0.25) is 0 Å². The van der Waals surface area contributed by atoms with Crippen molar-refractivity contribution in [3.63, 3.8) is 0 Å². The summed E-state index contributed by atoms with van der Waals surface area (Å²) >= 11 is -0.137. The molecule has 18 heavy (non-hydrogen) atoms. The van der Waals surface area contributed by atoms with Gasteiger partial charge in [-0.05, 0) is 11.8 Å². The van der Waals surface area contributed by atoms with Crippen LogP contribution in [-0.2, 0) is 0 Å². The zero-order chi connectivity index (χ0) is 13.8. The van der Waals surface area contributed by atoms with Gasteiger partial charge in [0.05, 0.1) is 18.5 Å². The molecule has 0 heterocycles. The summed E-state index contributed by atoms with van der Waals surface area (Å²) in [6.45, 7) is 0.0587. The van der Waals surface area contributed by atoms with Crippen molar-refractivity contribution in [2.45, 2.75) is 5.51 Å². The highest BCUT2D eigenvalue weighted by Gasteiger charge is 2.27. The summed E-state index contributed by atoms with van der Waals surface area (Å²) < 4.78 is 53.6. The first-order valence-electron chi connectivity index (χ1n) is 4.91. The van der Waals surface area contributed by atoms with Crippen molar-refractivity contribution >= 4 is 23.1 Å². The third-order valence-electron chi connectivity index (χ3n) is 2.01. The van der Waals surface area contributed by atoms with Crippen LogP contribution in [-0.4, -0.2) is 24.9 Å². The van der Waals surface area contributed by atoms with Gasteiger partial charge in [-0.1, -0.05) is 0 Å². The topological polar surface area (TPSA) is 47.3 Å². The largest absolute Gasteiger partial charge is 0.494 e. The standard InChI is InChI=1S/C10H12F4N2OS/c1-17-9-5-8(7(15)4-6(9)11)16-2-3-18-10(12,13)14/h4-5,16H,2-3,15H2,1H3. The van der Waals surface area contributed by atoms with E-state index < -0.39 is 11.3 Å². The molecule has 0 bridgehead atoms. The van der Waals surface area contributed by atoms with Gasteiger partial charge in [-0.25, -0.2) is 4.39 Å². The fraction of sp³-hybridized carbons (Fsp3) is 0.400. The van der Waals surface area contributed by atoms with Crippen LogP contribution >= 0.6 is 11.8 Å². The van der Waals surface area contributed by atoms with E-state index >= 15 is 0 Å². The van der Waals surface area contributed by atoms with Crippen LogP contribution < -0.4 is 15.8 Å². The normalized spacial score (nSPS) is 11.4. The summed E-state index contributed by atoms with van der Waals surface area (Å²) in [6, 6.07) is 2.36. The van der Waals surface area contributed by atoms with Crippen LogP contribution in [0.2, 0.25) is 0 Å². The summed E-state index contributed by atoms with van der Waals surface area (Å²) in [6.07, 6.45) is 0. The third-order valence-corrected chi connectivity index (χ3v) is 2.74. The lowest BCUT2D eigenvalue weighted by molar-refractivity contribution is -0.0327. The zero-order valence-electron chi connectivity index (χ0n) is 9.47. The molecule has 0 aromatic heterocycles. The lowest BCUT2D eigenvalue weighted by Crippen LogP contribution is -2.10. The number of nitrogen functional groups attached to an aromatic ring is 1. The number of halogens is 4. The van der Waals surface area contributed by atoms with Crippen molar-refractivity contribution in [3.05, 3.63) is 17.9 Å². The van der Waals surface area contributed by atoms with E-state index in [1.54, 1.807) is 0 Å².